The van der Waals surface area contributed by atoms with Gasteiger partial charge in [0.15, 0.2) is 0 Å². The molecule has 1 nitrogen and oxygen atoms in total. The highest BCUT2D eigenvalue weighted by Gasteiger charge is 2.35. The van der Waals surface area contributed by atoms with Gasteiger partial charge in [-0.05, 0) is 13.5 Å². The van der Waals surface area contributed by atoms with Crippen molar-refractivity contribution in [1.82, 2.24) is 5.32 Å². The number of halogens is 1. The molecule has 1 saturated carbocycles. The van der Waals surface area contributed by atoms with Gasteiger partial charge >= 0.3 is 0 Å². The molecule has 0 heterocycles. The molecule has 1 aliphatic carbocycles. The lowest BCUT2D eigenvalue weighted by Crippen LogP contribution is -2.10. The SMILES string of the molecule is CN[C@@H]1C[C@@H]1F. The maximum Gasteiger partial charge on any atom is 0.117 e. The van der Waals surface area contributed by atoms with Gasteiger partial charge in [0.25, 0.3) is 0 Å². The summed E-state index contributed by atoms with van der Waals surface area (Å²) in [7, 11) is 1.78. The molecular weight excluding hydrogens is 81.0 g/mol. The van der Waals surface area contributed by atoms with Crippen molar-refractivity contribution in [3.05, 3.63) is 0 Å². The molecule has 0 aromatic rings. The maximum atomic E-state index is 11.7. The Hall–Kier alpha value is -0.110. The molecule has 0 aliphatic heterocycles. The van der Waals surface area contributed by atoms with E-state index in [-0.39, 0.29) is 6.04 Å². The first-order valence-corrected chi connectivity index (χ1v) is 2.16. The van der Waals surface area contributed by atoms with E-state index in [1.165, 1.54) is 0 Å². The lowest BCUT2D eigenvalue weighted by molar-refractivity contribution is 0.455. The lowest BCUT2D eigenvalue weighted by Gasteiger charge is -1.82. The molecule has 0 unspecified atom stereocenters. The minimum atomic E-state index is -0.546. The second-order valence-electron chi connectivity index (χ2n) is 1.65. The Labute approximate surface area is 36.5 Å². The highest BCUT2D eigenvalue weighted by atomic mass is 19.1. The number of rotatable bonds is 1. The molecule has 0 amide bonds. The molecular formula is C4H8FN. The highest BCUT2D eigenvalue weighted by molar-refractivity contribution is 4.92. The summed E-state index contributed by atoms with van der Waals surface area (Å²) in [5, 5.41) is 2.81. The standard InChI is InChI=1S/C4H8FN/c1-6-4-2-3(4)5/h3-4,6H,2H2,1H3/t3-,4+/m0/s1. The molecule has 2 atom stereocenters. The predicted molar refractivity (Wildman–Crippen MR) is 22.4 cm³/mol. The average Bonchev–Trinajstić information content (AvgIpc) is 2.19. The first-order chi connectivity index (χ1) is 2.84. The Morgan fingerprint density at radius 3 is 2.33 bits per heavy atom. The first kappa shape index (κ1) is 4.06. The zero-order valence-corrected chi connectivity index (χ0v) is 3.74. The molecule has 1 aliphatic rings. The molecule has 36 valence electrons. The summed E-state index contributed by atoms with van der Waals surface area (Å²) in [5.74, 6) is 0. The summed E-state index contributed by atoms with van der Waals surface area (Å²) in [6.45, 7) is 0. The van der Waals surface area contributed by atoms with Crippen LogP contribution < -0.4 is 5.32 Å². The number of hydrogen-bond donors (Lipinski definition) is 1. The van der Waals surface area contributed by atoms with Crippen LogP contribution in [0, 0.1) is 0 Å². The van der Waals surface area contributed by atoms with Crippen LogP contribution in [0.4, 0.5) is 4.39 Å². The van der Waals surface area contributed by atoms with Gasteiger partial charge < -0.3 is 5.32 Å². The van der Waals surface area contributed by atoms with Gasteiger partial charge in [-0.1, -0.05) is 0 Å². The van der Waals surface area contributed by atoms with Gasteiger partial charge in [0, 0.05) is 6.04 Å². The van der Waals surface area contributed by atoms with Crippen LogP contribution in [-0.4, -0.2) is 19.3 Å². The fourth-order valence-electron chi connectivity index (χ4n) is 0.463. The van der Waals surface area contributed by atoms with E-state index >= 15 is 0 Å². The van der Waals surface area contributed by atoms with Crippen molar-refractivity contribution in [2.24, 2.45) is 0 Å². The van der Waals surface area contributed by atoms with E-state index in [4.69, 9.17) is 0 Å². The molecule has 0 saturated heterocycles. The molecule has 2 heteroatoms. The smallest absolute Gasteiger partial charge is 0.117 e. The second kappa shape index (κ2) is 1.19. The van der Waals surface area contributed by atoms with E-state index < -0.39 is 6.17 Å². The van der Waals surface area contributed by atoms with Crippen molar-refractivity contribution in [2.45, 2.75) is 18.6 Å². The molecule has 0 aromatic heterocycles. The summed E-state index contributed by atoms with van der Waals surface area (Å²) in [4.78, 5) is 0. The normalized spacial score (nSPS) is 43.0. The number of hydrogen-bond acceptors (Lipinski definition) is 1. The summed E-state index contributed by atoms with van der Waals surface area (Å²) >= 11 is 0. The predicted octanol–water partition coefficient (Wildman–Crippen LogP) is 0.316. The van der Waals surface area contributed by atoms with Crippen molar-refractivity contribution in [2.75, 3.05) is 7.05 Å². The molecule has 0 radical (unpaired) electrons. The van der Waals surface area contributed by atoms with Crippen molar-refractivity contribution < 1.29 is 4.39 Å². The van der Waals surface area contributed by atoms with Crippen LogP contribution in [0.15, 0.2) is 0 Å². The Kier molecular flexibility index (Phi) is 0.804. The summed E-state index contributed by atoms with van der Waals surface area (Å²) in [6, 6.07) is 0.185. The zero-order chi connectivity index (χ0) is 4.57. The Morgan fingerprint density at radius 2 is 2.33 bits per heavy atom. The zero-order valence-electron chi connectivity index (χ0n) is 3.74. The van der Waals surface area contributed by atoms with Crippen LogP contribution in [0.1, 0.15) is 6.42 Å². The topological polar surface area (TPSA) is 12.0 Å². The van der Waals surface area contributed by atoms with Crippen molar-refractivity contribution >= 4 is 0 Å². The molecule has 1 N–H and O–H groups in total. The summed E-state index contributed by atoms with van der Waals surface area (Å²) < 4.78 is 11.7. The van der Waals surface area contributed by atoms with E-state index in [2.05, 4.69) is 5.32 Å². The first-order valence-electron chi connectivity index (χ1n) is 2.16. The molecule has 0 bridgehead atoms. The van der Waals surface area contributed by atoms with Crippen LogP contribution in [0.3, 0.4) is 0 Å². The van der Waals surface area contributed by atoms with Gasteiger partial charge in [-0.25, -0.2) is 4.39 Å². The lowest BCUT2D eigenvalue weighted by atomic mass is 10.7. The largest absolute Gasteiger partial charge is 0.314 e. The molecule has 1 rings (SSSR count). The number of nitrogens with one attached hydrogen (secondary N) is 1. The maximum absolute atomic E-state index is 11.7. The van der Waals surface area contributed by atoms with Gasteiger partial charge in [-0.15, -0.1) is 0 Å². The van der Waals surface area contributed by atoms with E-state index in [0.717, 1.165) is 6.42 Å². The number of alkyl halides is 1. The monoisotopic (exact) mass is 89.1 g/mol. The third-order valence-corrected chi connectivity index (χ3v) is 1.08. The van der Waals surface area contributed by atoms with Crippen molar-refractivity contribution in [1.29, 1.82) is 0 Å². The molecule has 6 heavy (non-hydrogen) atoms. The van der Waals surface area contributed by atoms with Gasteiger partial charge in [0.1, 0.15) is 6.17 Å². The fourth-order valence-corrected chi connectivity index (χ4v) is 0.463. The van der Waals surface area contributed by atoms with Crippen molar-refractivity contribution in [3.8, 4) is 0 Å². The van der Waals surface area contributed by atoms with E-state index in [1.807, 2.05) is 0 Å². The van der Waals surface area contributed by atoms with Crippen LogP contribution in [0.25, 0.3) is 0 Å². The van der Waals surface area contributed by atoms with Crippen LogP contribution >= 0.6 is 0 Å². The minimum absolute atomic E-state index is 0.185. The van der Waals surface area contributed by atoms with E-state index in [9.17, 15) is 4.39 Å². The Bertz CT molecular complexity index is 53.5. The van der Waals surface area contributed by atoms with Gasteiger partial charge in [-0.3, -0.25) is 0 Å². The van der Waals surface area contributed by atoms with Crippen molar-refractivity contribution in [3.63, 3.8) is 0 Å². The fraction of sp³-hybridized carbons (Fsp3) is 1.00. The van der Waals surface area contributed by atoms with Gasteiger partial charge in [0.2, 0.25) is 0 Å². The van der Waals surface area contributed by atoms with Gasteiger partial charge in [-0.2, -0.15) is 0 Å². The molecule has 1 fully saturated rings. The van der Waals surface area contributed by atoms with Crippen LogP contribution in [0.5, 0.6) is 0 Å². The average molecular weight is 89.1 g/mol. The Morgan fingerprint density at radius 1 is 1.83 bits per heavy atom. The Balaban J connectivity index is 2.09. The molecule has 0 aromatic carbocycles. The molecule has 0 spiro atoms. The third-order valence-electron chi connectivity index (χ3n) is 1.08. The van der Waals surface area contributed by atoms with Gasteiger partial charge in [0.05, 0.1) is 0 Å². The summed E-state index contributed by atoms with van der Waals surface area (Å²) in [5.41, 5.74) is 0. The second-order valence-corrected chi connectivity index (χ2v) is 1.65. The van der Waals surface area contributed by atoms with E-state index in [1.54, 1.807) is 7.05 Å². The van der Waals surface area contributed by atoms with Crippen LogP contribution in [0.2, 0.25) is 0 Å². The minimum Gasteiger partial charge on any atom is -0.314 e. The summed E-state index contributed by atoms with van der Waals surface area (Å²) in [6.07, 6.45) is 0.172. The quantitative estimate of drug-likeness (QED) is 0.487. The third kappa shape index (κ3) is 0.522. The van der Waals surface area contributed by atoms with Crippen LogP contribution in [-0.2, 0) is 0 Å². The highest BCUT2D eigenvalue weighted by Crippen LogP contribution is 2.23. The van der Waals surface area contributed by atoms with E-state index in [0.29, 0.717) is 0 Å².